The van der Waals surface area contributed by atoms with E-state index in [2.05, 4.69) is 48.5 Å². The summed E-state index contributed by atoms with van der Waals surface area (Å²) in [5, 5.41) is 11.1. The zero-order valence-corrected chi connectivity index (χ0v) is 24.1. The number of hydrogen-bond acceptors (Lipinski definition) is 5. The summed E-state index contributed by atoms with van der Waals surface area (Å²) in [7, 11) is 0. The maximum atomic E-state index is 9.10. The van der Waals surface area contributed by atoms with Crippen molar-refractivity contribution in [1.29, 1.82) is 5.26 Å². The van der Waals surface area contributed by atoms with E-state index in [1.54, 1.807) is 0 Å². The zero-order chi connectivity index (χ0) is 30.2. The van der Waals surface area contributed by atoms with Gasteiger partial charge >= 0.3 is 0 Å². The molecule has 0 bridgehead atoms. The Bertz CT molecular complexity index is 2300. The van der Waals surface area contributed by atoms with E-state index in [1.165, 1.54) is 0 Å². The molecular weight excluding hydrogens is 552 g/mol. The maximum absolute atomic E-state index is 9.10. The molecule has 2 heterocycles. The first-order valence-electron chi connectivity index (χ1n) is 14.7. The van der Waals surface area contributed by atoms with Gasteiger partial charge in [-0.25, -0.2) is 15.0 Å². The summed E-state index contributed by atoms with van der Waals surface area (Å²) in [4.78, 5) is 14.6. The predicted octanol–water partition coefficient (Wildman–Crippen LogP) is 9.98. The third kappa shape index (κ3) is 5.01. The van der Waals surface area contributed by atoms with E-state index in [9.17, 15) is 0 Å². The summed E-state index contributed by atoms with van der Waals surface area (Å²) >= 11 is 0. The number of benzene rings is 6. The van der Waals surface area contributed by atoms with Gasteiger partial charge in [0.1, 0.15) is 11.2 Å². The Morgan fingerprint density at radius 3 is 1.31 bits per heavy atom. The molecular formula is C40H24N4O. The van der Waals surface area contributed by atoms with Crippen LogP contribution in [0.15, 0.2) is 150 Å². The first kappa shape index (κ1) is 26.3. The molecule has 0 unspecified atom stereocenters. The van der Waals surface area contributed by atoms with Crippen molar-refractivity contribution in [3.8, 4) is 62.5 Å². The first-order chi connectivity index (χ1) is 22.2. The van der Waals surface area contributed by atoms with Gasteiger partial charge in [-0.2, -0.15) is 5.26 Å². The molecule has 0 radical (unpaired) electrons. The molecule has 0 spiro atoms. The fourth-order valence-electron chi connectivity index (χ4n) is 5.63. The third-order valence-electron chi connectivity index (χ3n) is 7.99. The van der Waals surface area contributed by atoms with E-state index >= 15 is 0 Å². The predicted molar refractivity (Wildman–Crippen MR) is 179 cm³/mol. The summed E-state index contributed by atoms with van der Waals surface area (Å²) in [6, 6.07) is 50.7. The molecule has 0 N–H and O–H groups in total. The fraction of sp³-hybridized carbons (Fsp3) is 0. The molecule has 210 valence electrons. The molecule has 45 heavy (non-hydrogen) atoms. The van der Waals surface area contributed by atoms with Crippen molar-refractivity contribution in [2.45, 2.75) is 0 Å². The second-order valence-corrected chi connectivity index (χ2v) is 10.8. The van der Waals surface area contributed by atoms with Crippen LogP contribution in [0, 0.1) is 11.3 Å². The van der Waals surface area contributed by atoms with Gasteiger partial charge in [-0.1, -0.05) is 103 Å². The highest BCUT2D eigenvalue weighted by molar-refractivity contribution is 6.07. The molecule has 6 aromatic carbocycles. The Morgan fingerprint density at radius 2 is 0.800 bits per heavy atom. The van der Waals surface area contributed by atoms with Crippen molar-refractivity contribution in [3.05, 3.63) is 151 Å². The maximum Gasteiger partial charge on any atom is 0.164 e. The van der Waals surface area contributed by atoms with Gasteiger partial charge in [0.05, 0.1) is 11.6 Å². The van der Waals surface area contributed by atoms with E-state index in [-0.39, 0.29) is 0 Å². The minimum absolute atomic E-state index is 0.605. The molecule has 5 nitrogen and oxygen atoms in total. The van der Waals surface area contributed by atoms with Gasteiger partial charge in [-0.3, -0.25) is 0 Å². The SMILES string of the molecule is N#Cc1ccc(-c2ccc(-c3ccc4oc5ccc(-c6nc(-c7ccccc7)nc(-c7ccccc7)n6)cc5c4c3)cc2)cc1. The van der Waals surface area contributed by atoms with Gasteiger partial charge in [0.25, 0.3) is 0 Å². The smallest absolute Gasteiger partial charge is 0.164 e. The molecule has 0 fully saturated rings. The lowest BCUT2D eigenvalue weighted by Crippen LogP contribution is -2.00. The second-order valence-electron chi connectivity index (χ2n) is 10.8. The van der Waals surface area contributed by atoms with Crippen LogP contribution in [0.4, 0.5) is 0 Å². The Labute approximate surface area is 259 Å². The van der Waals surface area contributed by atoms with E-state index in [0.29, 0.717) is 23.0 Å². The molecule has 0 aliphatic heterocycles. The van der Waals surface area contributed by atoms with Gasteiger partial charge < -0.3 is 4.42 Å². The molecule has 0 aliphatic carbocycles. The van der Waals surface area contributed by atoms with Crippen LogP contribution in [0.5, 0.6) is 0 Å². The number of nitrogens with zero attached hydrogens (tertiary/aromatic N) is 4. The zero-order valence-electron chi connectivity index (χ0n) is 24.1. The molecule has 5 heteroatoms. The summed E-state index contributed by atoms with van der Waals surface area (Å²) in [5.41, 5.74) is 9.43. The van der Waals surface area contributed by atoms with Crippen LogP contribution in [0.3, 0.4) is 0 Å². The van der Waals surface area contributed by atoms with Crippen molar-refractivity contribution >= 4 is 21.9 Å². The lowest BCUT2D eigenvalue weighted by Gasteiger charge is -2.08. The van der Waals surface area contributed by atoms with E-state index in [1.807, 2.05) is 103 Å². The van der Waals surface area contributed by atoms with E-state index in [4.69, 9.17) is 24.6 Å². The Balaban J connectivity index is 1.20. The van der Waals surface area contributed by atoms with Crippen molar-refractivity contribution in [3.63, 3.8) is 0 Å². The van der Waals surface area contributed by atoms with Crippen molar-refractivity contribution < 1.29 is 4.42 Å². The topological polar surface area (TPSA) is 75.6 Å². The monoisotopic (exact) mass is 576 g/mol. The minimum atomic E-state index is 0.605. The highest BCUT2D eigenvalue weighted by Gasteiger charge is 2.15. The number of hydrogen-bond donors (Lipinski definition) is 0. The van der Waals surface area contributed by atoms with Crippen LogP contribution in [0.1, 0.15) is 5.56 Å². The van der Waals surface area contributed by atoms with Crippen LogP contribution in [-0.4, -0.2) is 15.0 Å². The second kappa shape index (κ2) is 11.0. The lowest BCUT2D eigenvalue weighted by molar-refractivity contribution is 0.669. The Morgan fingerprint density at radius 1 is 0.400 bits per heavy atom. The van der Waals surface area contributed by atoms with Gasteiger partial charge in [0, 0.05) is 27.5 Å². The molecule has 0 saturated carbocycles. The highest BCUT2D eigenvalue weighted by Crippen LogP contribution is 2.35. The summed E-state index contributed by atoms with van der Waals surface area (Å²) in [6.07, 6.45) is 0. The van der Waals surface area contributed by atoms with Crippen LogP contribution < -0.4 is 0 Å². The number of furan rings is 1. The lowest BCUT2D eigenvalue weighted by atomic mass is 9.98. The van der Waals surface area contributed by atoms with Gasteiger partial charge in [-0.05, 0) is 64.7 Å². The summed E-state index contributed by atoms with van der Waals surface area (Å²) < 4.78 is 6.24. The average Bonchev–Trinajstić information content (AvgIpc) is 3.49. The first-order valence-corrected chi connectivity index (χ1v) is 14.7. The quantitative estimate of drug-likeness (QED) is 0.204. The number of rotatable bonds is 5. The van der Waals surface area contributed by atoms with Crippen molar-refractivity contribution in [1.82, 2.24) is 15.0 Å². The largest absolute Gasteiger partial charge is 0.456 e. The minimum Gasteiger partial charge on any atom is -0.456 e. The normalized spacial score (nSPS) is 11.1. The Kier molecular flexibility index (Phi) is 6.44. The Hall–Kier alpha value is -6.38. The van der Waals surface area contributed by atoms with Crippen LogP contribution in [0.2, 0.25) is 0 Å². The number of nitriles is 1. The molecule has 0 amide bonds. The van der Waals surface area contributed by atoms with Crippen molar-refractivity contribution in [2.24, 2.45) is 0 Å². The van der Waals surface area contributed by atoms with Crippen LogP contribution in [-0.2, 0) is 0 Å². The molecule has 0 atom stereocenters. The number of fused-ring (bicyclic) bond motifs is 3. The fourth-order valence-corrected chi connectivity index (χ4v) is 5.63. The number of aromatic nitrogens is 3. The molecule has 2 aromatic heterocycles. The van der Waals surface area contributed by atoms with E-state index < -0.39 is 0 Å². The molecule has 0 saturated heterocycles. The van der Waals surface area contributed by atoms with Crippen LogP contribution in [0.25, 0.3) is 78.4 Å². The average molecular weight is 577 g/mol. The van der Waals surface area contributed by atoms with Gasteiger partial charge in [-0.15, -0.1) is 0 Å². The summed E-state index contributed by atoms with van der Waals surface area (Å²) in [5.74, 6) is 1.86. The van der Waals surface area contributed by atoms with Gasteiger partial charge in [0.15, 0.2) is 17.5 Å². The molecule has 8 rings (SSSR count). The van der Waals surface area contributed by atoms with Crippen molar-refractivity contribution in [2.75, 3.05) is 0 Å². The highest BCUT2D eigenvalue weighted by atomic mass is 16.3. The van der Waals surface area contributed by atoms with E-state index in [0.717, 1.165) is 60.9 Å². The molecule has 8 aromatic rings. The summed E-state index contributed by atoms with van der Waals surface area (Å²) in [6.45, 7) is 0. The van der Waals surface area contributed by atoms with Gasteiger partial charge in [0.2, 0.25) is 0 Å². The van der Waals surface area contributed by atoms with Crippen LogP contribution >= 0.6 is 0 Å². The molecule has 0 aliphatic rings. The standard InChI is InChI=1S/C40H24N4O/c41-25-26-11-13-27(14-12-26)28-15-17-29(18-16-28)32-19-21-36-34(23-32)35-24-33(20-22-37(35)45-36)40-43-38(30-7-3-1-4-8-30)42-39(44-40)31-9-5-2-6-10-31/h1-24H. The third-order valence-corrected chi connectivity index (χ3v) is 7.99.